The number of allylic oxidation sites excluding steroid dienone is 1. The Kier molecular flexibility index (Phi) is 7.15. The molecular weight excluding hydrogens is 400 g/mol. The van der Waals surface area contributed by atoms with Gasteiger partial charge in [-0.3, -0.25) is 9.36 Å². The molecule has 31 heavy (non-hydrogen) atoms. The monoisotopic (exact) mass is 426 g/mol. The zero-order valence-electron chi connectivity index (χ0n) is 18.0. The fourth-order valence-electron chi connectivity index (χ4n) is 3.18. The zero-order chi connectivity index (χ0) is 22.4. The summed E-state index contributed by atoms with van der Waals surface area (Å²) >= 11 is 0. The fourth-order valence-corrected chi connectivity index (χ4v) is 3.18. The van der Waals surface area contributed by atoms with Crippen molar-refractivity contribution in [1.29, 1.82) is 0 Å². The van der Waals surface area contributed by atoms with Gasteiger partial charge in [-0.1, -0.05) is 18.2 Å². The molecule has 8 nitrogen and oxygen atoms in total. The van der Waals surface area contributed by atoms with Gasteiger partial charge in [0.15, 0.2) is 23.0 Å². The average Bonchev–Trinajstić information content (AvgIpc) is 2.79. The van der Waals surface area contributed by atoms with Crippen LogP contribution in [0.15, 0.2) is 47.5 Å². The van der Waals surface area contributed by atoms with Gasteiger partial charge < -0.3 is 24.1 Å². The van der Waals surface area contributed by atoms with Crippen LogP contribution < -0.4 is 24.5 Å². The number of benzene rings is 2. The molecule has 0 aliphatic carbocycles. The first-order chi connectivity index (χ1) is 15.0. The highest BCUT2D eigenvalue weighted by Crippen LogP contribution is 2.30. The summed E-state index contributed by atoms with van der Waals surface area (Å²) in [5.41, 5.74) is 1.17. The topological polar surface area (TPSA) is 92.0 Å². The van der Waals surface area contributed by atoms with E-state index in [1.54, 1.807) is 25.3 Å². The van der Waals surface area contributed by atoms with E-state index in [0.717, 1.165) is 5.56 Å². The summed E-state index contributed by atoms with van der Waals surface area (Å²) in [6.45, 7) is 1.94. The second kappa shape index (κ2) is 9.99. The summed E-state index contributed by atoms with van der Waals surface area (Å²) in [5.74, 6) is 2.00. The highest BCUT2D eigenvalue weighted by atomic mass is 16.5. The van der Waals surface area contributed by atoms with E-state index in [2.05, 4.69) is 4.98 Å². The average molecular weight is 426 g/mol. The van der Waals surface area contributed by atoms with E-state index in [4.69, 9.17) is 18.9 Å². The Labute approximate surface area is 180 Å². The Balaban J connectivity index is 1.75. The van der Waals surface area contributed by atoms with Crippen LogP contribution in [0.5, 0.6) is 23.0 Å². The van der Waals surface area contributed by atoms with E-state index < -0.39 is 6.10 Å². The van der Waals surface area contributed by atoms with Crippen molar-refractivity contribution in [2.75, 3.05) is 27.9 Å². The third-order valence-electron chi connectivity index (χ3n) is 4.71. The molecule has 0 bridgehead atoms. The van der Waals surface area contributed by atoms with Crippen LogP contribution in [0, 0.1) is 0 Å². The number of hydrogen-bond acceptors (Lipinski definition) is 7. The molecule has 0 unspecified atom stereocenters. The largest absolute Gasteiger partial charge is 0.493 e. The third-order valence-corrected chi connectivity index (χ3v) is 4.71. The molecule has 0 saturated carbocycles. The van der Waals surface area contributed by atoms with Crippen molar-refractivity contribution in [1.82, 2.24) is 9.55 Å². The summed E-state index contributed by atoms with van der Waals surface area (Å²) < 4.78 is 22.9. The van der Waals surface area contributed by atoms with E-state index in [0.29, 0.717) is 33.9 Å². The predicted octanol–water partition coefficient (Wildman–Crippen LogP) is 2.90. The van der Waals surface area contributed by atoms with Gasteiger partial charge in [-0.25, -0.2) is 4.98 Å². The molecule has 1 N–H and O–H groups in total. The lowest BCUT2D eigenvalue weighted by Crippen LogP contribution is -2.30. The standard InChI is InChI=1S/C23H26N2O6/c1-5-6-15-7-8-19(20(9-15)28-2)31-13-16(26)12-25-14-24-18-11-22(30-4)21(29-3)10-17(18)23(25)27/h5-11,14,16,26H,12-13H2,1-4H3/b6-5-/t16-/m0/s1. The molecule has 0 radical (unpaired) electrons. The van der Waals surface area contributed by atoms with Crippen molar-refractivity contribution >= 4 is 17.0 Å². The van der Waals surface area contributed by atoms with Gasteiger partial charge in [-0.2, -0.15) is 0 Å². The normalized spacial score (nSPS) is 12.2. The van der Waals surface area contributed by atoms with Gasteiger partial charge >= 0.3 is 0 Å². The number of ether oxygens (including phenoxy) is 4. The van der Waals surface area contributed by atoms with Gasteiger partial charge in [-0.05, 0) is 30.7 Å². The van der Waals surface area contributed by atoms with Gasteiger partial charge in [0.1, 0.15) is 12.7 Å². The van der Waals surface area contributed by atoms with Crippen LogP contribution in [0.25, 0.3) is 17.0 Å². The molecule has 1 atom stereocenters. The summed E-state index contributed by atoms with van der Waals surface area (Å²) in [4.78, 5) is 17.2. The minimum Gasteiger partial charge on any atom is -0.493 e. The van der Waals surface area contributed by atoms with Crippen LogP contribution in [0.3, 0.4) is 0 Å². The van der Waals surface area contributed by atoms with Crippen LogP contribution >= 0.6 is 0 Å². The molecule has 3 aromatic rings. The summed E-state index contributed by atoms with van der Waals surface area (Å²) in [7, 11) is 4.57. The Morgan fingerprint density at radius 2 is 1.71 bits per heavy atom. The maximum atomic E-state index is 12.9. The molecule has 2 aromatic carbocycles. The van der Waals surface area contributed by atoms with Crippen molar-refractivity contribution in [2.45, 2.75) is 19.6 Å². The van der Waals surface area contributed by atoms with Gasteiger partial charge in [0.25, 0.3) is 5.56 Å². The van der Waals surface area contributed by atoms with Gasteiger partial charge in [0.2, 0.25) is 0 Å². The maximum absolute atomic E-state index is 12.9. The van der Waals surface area contributed by atoms with E-state index in [1.165, 1.54) is 25.1 Å². The highest BCUT2D eigenvalue weighted by molar-refractivity contribution is 5.81. The lowest BCUT2D eigenvalue weighted by atomic mass is 10.2. The van der Waals surface area contributed by atoms with Crippen LogP contribution in [-0.4, -0.2) is 48.7 Å². The minimum absolute atomic E-state index is 0.0181. The summed E-state index contributed by atoms with van der Waals surface area (Å²) in [6.07, 6.45) is 4.34. The zero-order valence-corrected chi connectivity index (χ0v) is 18.0. The number of hydrogen-bond donors (Lipinski definition) is 1. The van der Waals surface area contributed by atoms with Crippen LogP contribution in [0.1, 0.15) is 12.5 Å². The summed E-state index contributed by atoms with van der Waals surface area (Å²) in [6, 6.07) is 8.75. The number of aromatic nitrogens is 2. The Morgan fingerprint density at radius 3 is 2.39 bits per heavy atom. The SMILES string of the molecule is C/C=C\c1ccc(OC[C@@H](O)Cn2cnc3cc(OC)c(OC)cc3c2=O)c(OC)c1. The smallest absolute Gasteiger partial charge is 0.261 e. The van der Waals surface area contributed by atoms with E-state index in [9.17, 15) is 9.90 Å². The van der Waals surface area contributed by atoms with E-state index in [-0.39, 0.29) is 18.7 Å². The predicted molar refractivity (Wildman–Crippen MR) is 118 cm³/mol. The van der Waals surface area contributed by atoms with Crippen LogP contribution in [0.2, 0.25) is 0 Å². The molecule has 0 fully saturated rings. The Bertz CT molecular complexity index is 1140. The second-order valence-corrected chi connectivity index (χ2v) is 6.80. The quantitative estimate of drug-likeness (QED) is 0.562. The van der Waals surface area contributed by atoms with E-state index >= 15 is 0 Å². The number of methoxy groups -OCH3 is 3. The molecule has 8 heteroatoms. The molecular formula is C23H26N2O6. The molecule has 0 aliphatic heterocycles. The third kappa shape index (κ3) is 4.97. The Morgan fingerprint density at radius 1 is 1.03 bits per heavy atom. The first-order valence-electron chi connectivity index (χ1n) is 9.73. The minimum atomic E-state index is -0.933. The first kappa shape index (κ1) is 22.2. The number of aliphatic hydroxyl groups is 1. The van der Waals surface area contributed by atoms with Crippen molar-refractivity contribution in [3.8, 4) is 23.0 Å². The van der Waals surface area contributed by atoms with Crippen LogP contribution in [0.4, 0.5) is 0 Å². The molecule has 0 spiro atoms. The number of rotatable bonds is 9. The number of aliphatic hydroxyl groups excluding tert-OH is 1. The maximum Gasteiger partial charge on any atom is 0.261 e. The van der Waals surface area contributed by atoms with E-state index in [1.807, 2.05) is 31.2 Å². The van der Waals surface area contributed by atoms with Crippen molar-refractivity contribution in [2.24, 2.45) is 0 Å². The highest BCUT2D eigenvalue weighted by Gasteiger charge is 2.14. The molecule has 0 aliphatic rings. The van der Waals surface area contributed by atoms with Crippen molar-refractivity contribution < 1.29 is 24.1 Å². The molecule has 0 amide bonds. The molecule has 3 rings (SSSR count). The lowest BCUT2D eigenvalue weighted by molar-refractivity contribution is 0.0900. The van der Waals surface area contributed by atoms with Crippen molar-refractivity contribution in [3.63, 3.8) is 0 Å². The lowest BCUT2D eigenvalue weighted by Gasteiger charge is -2.16. The van der Waals surface area contributed by atoms with Gasteiger partial charge in [0.05, 0.1) is 45.1 Å². The first-order valence-corrected chi connectivity index (χ1v) is 9.73. The second-order valence-electron chi connectivity index (χ2n) is 6.80. The number of nitrogens with zero attached hydrogens (tertiary/aromatic N) is 2. The fraction of sp³-hybridized carbons (Fsp3) is 0.304. The number of fused-ring (bicyclic) bond motifs is 1. The molecule has 1 aromatic heterocycles. The molecule has 164 valence electrons. The Hall–Kier alpha value is -3.52. The van der Waals surface area contributed by atoms with Crippen molar-refractivity contribution in [3.05, 3.63) is 58.7 Å². The molecule has 0 saturated heterocycles. The van der Waals surface area contributed by atoms with Gasteiger partial charge in [0, 0.05) is 6.07 Å². The molecule has 1 heterocycles. The van der Waals surface area contributed by atoms with Crippen LogP contribution in [-0.2, 0) is 6.54 Å². The van der Waals surface area contributed by atoms with Gasteiger partial charge in [-0.15, -0.1) is 0 Å². The summed E-state index contributed by atoms with van der Waals surface area (Å²) in [5, 5.41) is 10.8.